The zero-order valence-electron chi connectivity index (χ0n) is 12.5. The quantitative estimate of drug-likeness (QED) is 0.753. The molecule has 0 bridgehead atoms. The van der Waals surface area contributed by atoms with E-state index in [9.17, 15) is 9.59 Å². The molecule has 0 aliphatic rings. The van der Waals surface area contributed by atoms with Crippen LogP contribution in [0.25, 0.3) is 0 Å². The van der Waals surface area contributed by atoms with E-state index >= 15 is 0 Å². The zero-order chi connectivity index (χ0) is 15.8. The molecule has 2 aromatic rings. The molecule has 2 rings (SSSR count). The van der Waals surface area contributed by atoms with E-state index in [1.165, 1.54) is 17.3 Å². The van der Waals surface area contributed by atoms with Gasteiger partial charge in [-0.25, -0.2) is 0 Å². The largest absolute Gasteiger partial charge is 0.353 e. The molecule has 0 saturated heterocycles. The van der Waals surface area contributed by atoms with Gasteiger partial charge in [0.25, 0.3) is 0 Å². The van der Waals surface area contributed by atoms with Crippen molar-refractivity contribution in [3.8, 4) is 0 Å². The summed E-state index contributed by atoms with van der Waals surface area (Å²) in [6, 6.07) is 11.3. The second-order valence-corrected chi connectivity index (χ2v) is 6.85. The van der Waals surface area contributed by atoms with Crippen molar-refractivity contribution >= 4 is 34.8 Å². The number of nitrogens with one attached hydrogen (secondary N) is 1. The van der Waals surface area contributed by atoms with Crippen molar-refractivity contribution < 1.29 is 9.59 Å². The average Bonchev–Trinajstić information content (AvgIpc) is 3.00. The van der Waals surface area contributed by atoms with E-state index in [1.807, 2.05) is 30.5 Å². The summed E-state index contributed by atoms with van der Waals surface area (Å²) in [5.74, 6) is 0.682. The summed E-state index contributed by atoms with van der Waals surface area (Å²) < 4.78 is 0. The van der Waals surface area contributed by atoms with Crippen molar-refractivity contribution in [1.82, 2.24) is 5.32 Å². The molecule has 0 aliphatic carbocycles. The Balaban J connectivity index is 1.66. The predicted octanol–water partition coefficient (Wildman–Crippen LogP) is 3.41. The van der Waals surface area contributed by atoms with E-state index in [2.05, 4.69) is 16.8 Å². The monoisotopic (exact) mass is 333 g/mol. The minimum absolute atomic E-state index is 0.0198. The van der Waals surface area contributed by atoms with Gasteiger partial charge < -0.3 is 5.32 Å². The molecule has 1 amide bonds. The van der Waals surface area contributed by atoms with Gasteiger partial charge in [0.2, 0.25) is 5.91 Å². The van der Waals surface area contributed by atoms with Crippen molar-refractivity contribution in [1.29, 1.82) is 0 Å². The Morgan fingerprint density at radius 3 is 2.64 bits per heavy atom. The van der Waals surface area contributed by atoms with Gasteiger partial charge in [0.05, 0.1) is 11.5 Å². The van der Waals surface area contributed by atoms with E-state index in [1.54, 1.807) is 23.5 Å². The second kappa shape index (κ2) is 8.76. The van der Waals surface area contributed by atoms with Crippen molar-refractivity contribution in [2.75, 3.05) is 11.5 Å². The summed E-state index contributed by atoms with van der Waals surface area (Å²) in [5.41, 5.74) is 1.94. The Kier molecular flexibility index (Phi) is 6.68. The van der Waals surface area contributed by atoms with Crippen LogP contribution in [-0.4, -0.2) is 29.2 Å². The first-order chi connectivity index (χ1) is 10.6. The number of carbonyl (C=O) groups is 2. The van der Waals surface area contributed by atoms with Crippen LogP contribution in [0.15, 0.2) is 47.2 Å². The molecular formula is C17H19NO2S2. The van der Waals surface area contributed by atoms with Crippen LogP contribution in [0, 0.1) is 0 Å². The Morgan fingerprint density at radius 2 is 1.95 bits per heavy atom. The standard InChI is InChI=1S/C17H19NO2S2/c1-13(9-14-7-8-21-10-14)18-17(20)12-22-11-16(19)15-5-3-2-4-6-15/h2-8,10,13H,9,11-12H2,1H3,(H,18,20)/t13-/m0/s1. The first kappa shape index (κ1) is 16.8. The summed E-state index contributed by atoms with van der Waals surface area (Å²) in [6.07, 6.45) is 0.836. The lowest BCUT2D eigenvalue weighted by Gasteiger charge is -2.12. The number of Topliss-reactive ketones (excluding diaryl/α,β-unsaturated/α-hetero) is 1. The van der Waals surface area contributed by atoms with Crippen molar-refractivity contribution in [3.05, 3.63) is 58.3 Å². The molecule has 1 aromatic carbocycles. The predicted molar refractivity (Wildman–Crippen MR) is 93.7 cm³/mol. The molecule has 0 spiro atoms. The normalized spacial score (nSPS) is 11.9. The smallest absolute Gasteiger partial charge is 0.230 e. The third kappa shape index (κ3) is 5.66. The second-order valence-electron chi connectivity index (χ2n) is 5.09. The van der Waals surface area contributed by atoms with E-state index in [-0.39, 0.29) is 17.7 Å². The van der Waals surface area contributed by atoms with Crippen LogP contribution >= 0.6 is 23.1 Å². The molecule has 0 radical (unpaired) electrons. The number of thiophene rings is 1. The molecule has 0 aliphatic heterocycles. The fourth-order valence-corrected chi connectivity index (χ4v) is 3.48. The lowest BCUT2D eigenvalue weighted by molar-refractivity contribution is -0.119. The number of ketones is 1. The first-order valence-electron chi connectivity index (χ1n) is 7.11. The highest BCUT2D eigenvalue weighted by Crippen LogP contribution is 2.10. The molecule has 1 aromatic heterocycles. The Bertz CT molecular complexity index is 596. The number of amides is 1. The van der Waals surface area contributed by atoms with Gasteiger partial charge in [0, 0.05) is 11.6 Å². The molecule has 0 saturated carbocycles. The van der Waals surface area contributed by atoms with Crippen molar-refractivity contribution in [3.63, 3.8) is 0 Å². The van der Waals surface area contributed by atoms with Crippen molar-refractivity contribution in [2.24, 2.45) is 0 Å². The molecule has 0 unspecified atom stereocenters. The maximum atomic E-state index is 11.9. The maximum absolute atomic E-state index is 11.9. The highest BCUT2D eigenvalue weighted by atomic mass is 32.2. The van der Waals surface area contributed by atoms with Gasteiger partial charge in [-0.05, 0) is 35.7 Å². The summed E-state index contributed by atoms with van der Waals surface area (Å²) in [4.78, 5) is 23.8. The van der Waals surface area contributed by atoms with Crippen LogP contribution in [0.4, 0.5) is 0 Å². The number of hydrogen-bond acceptors (Lipinski definition) is 4. The third-order valence-corrected chi connectivity index (χ3v) is 4.76. The number of benzene rings is 1. The molecule has 22 heavy (non-hydrogen) atoms. The minimum Gasteiger partial charge on any atom is -0.353 e. The van der Waals surface area contributed by atoms with Gasteiger partial charge in [0.15, 0.2) is 5.78 Å². The highest BCUT2D eigenvalue weighted by Gasteiger charge is 2.10. The van der Waals surface area contributed by atoms with Crippen molar-refractivity contribution in [2.45, 2.75) is 19.4 Å². The molecule has 0 fully saturated rings. The summed E-state index contributed by atoms with van der Waals surface area (Å²) in [7, 11) is 0. The Labute approximate surface area is 139 Å². The maximum Gasteiger partial charge on any atom is 0.230 e. The van der Waals surface area contributed by atoms with Crippen LogP contribution in [0.1, 0.15) is 22.8 Å². The molecular weight excluding hydrogens is 314 g/mol. The zero-order valence-corrected chi connectivity index (χ0v) is 14.1. The highest BCUT2D eigenvalue weighted by molar-refractivity contribution is 8.00. The Morgan fingerprint density at radius 1 is 1.18 bits per heavy atom. The van der Waals surface area contributed by atoms with Crippen LogP contribution < -0.4 is 5.32 Å². The van der Waals surface area contributed by atoms with E-state index in [0.717, 1.165) is 6.42 Å². The van der Waals surface area contributed by atoms with Crippen LogP contribution in [0.5, 0.6) is 0 Å². The topological polar surface area (TPSA) is 46.2 Å². The number of rotatable bonds is 8. The molecule has 1 atom stereocenters. The van der Waals surface area contributed by atoms with Gasteiger partial charge in [-0.1, -0.05) is 30.3 Å². The fraction of sp³-hybridized carbons (Fsp3) is 0.294. The minimum atomic E-state index is -0.0198. The lowest BCUT2D eigenvalue weighted by atomic mass is 10.1. The summed E-state index contributed by atoms with van der Waals surface area (Å²) in [5, 5.41) is 7.10. The Hall–Kier alpha value is -1.59. The average molecular weight is 333 g/mol. The number of carbonyl (C=O) groups excluding carboxylic acids is 2. The summed E-state index contributed by atoms with van der Waals surface area (Å²) in [6.45, 7) is 2.00. The molecule has 116 valence electrons. The van der Waals surface area contributed by atoms with E-state index in [0.29, 0.717) is 17.1 Å². The molecule has 3 nitrogen and oxygen atoms in total. The van der Waals surface area contributed by atoms with E-state index < -0.39 is 0 Å². The molecule has 5 heteroatoms. The van der Waals surface area contributed by atoms with Gasteiger partial charge in [0.1, 0.15) is 0 Å². The van der Waals surface area contributed by atoms with Gasteiger partial charge in [-0.2, -0.15) is 11.3 Å². The van der Waals surface area contributed by atoms with Crippen LogP contribution in [-0.2, 0) is 11.2 Å². The molecule has 1 N–H and O–H groups in total. The van der Waals surface area contributed by atoms with E-state index in [4.69, 9.17) is 0 Å². The third-order valence-electron chi connectivity index (χ3n) is 3.09. The number of hydrogen-bond donors (Lipinski definition) is 1. The molecule has 1 heterocycles. The number of thioether (sulfide) groups is 1. The lowest BCUT2D eigenvalue weighted by Crippen LogP contribution is -2.35. The fourth-order valence-electron chi connectivity index (χ4n) is 2.07. The van der Waals surface area contributed by atoms with Gasteiger partial charge in [-0.15, -0.1) is 11.8 Å². The SMILES string of the molecule is C[C@@H](Cc1ccsc1)NC(=O)CSCC(=O)c1ccccc1. The summed E-state index contributed by atoms with van der Waals surface area (Å²) >= 11 is 3.02. The van der Waals surface area contributed by atoms with Gasteiger partial charge in [-0.3, -0.25) is 9.59 Å². The van der Waals surface area contributed by atoms with Crippen LogP contribution in [0.3, 0.4) is 0 Å². The van der Waals surface area contributed by atoms with Crippen LogP contribution in [0.2, 0.25) is 0 Å². The van der Waals surface area contributed by atoms with Gasteiger partial charge >= 0.3 is 0 Å². The first-order valence-corrected chi connectivity index (χ1v) is 9.21.